The predicted octanol–water partition coefficient (Wildman–Crippen LogP) is 3.56. The standard InChI is InChI=1S/C23H21N5O2S/c1-16-21(31-23(26-16)17-7-3-2-4-8-17)22(30)25-13-6-14-28-20(29)11-10-19(27-28)18-9-5-12-24-15-18/h2-5,7-12,15H,6,13-14H2,1H3,(H,25,30). The highest BCUT2D eigenvalue weighted by Crippen LogP contribution is 2.27. The van der Waals surface area contributed by atoms with Gasteiger partial charge in [-0.05, 0) is 31.5 Å². The van der Waals surface area contributed by atoms with Gasteiger partial charge in [-0.2, -0.15) is 5.10 Å². The van der Waals surface area contributed by atoms with E-state index in [2.05, 4.69) is 20.4 Å². The fourth-order valence-corrected chi connectivity index (χ4v) is 4.09. The van der Waals surface area contributed by atoms with Crippen LogP contribution in [0.15, 0.2) is 71.8 Å². The highest BCUT2D eigenvalue weighted by Gasteiger charge is 2.15. The summed E-state index contributed by atoms with van der Waals surface area (Å²) in [6, 6.07) is 16.7. The molecule has 31 heavy (non-hydrogen) atoms. The summed E-state index contributed by atoms with van der Waals surface area (Å²) in [4.78, 5) is 33.9. The van der Waals surface area contributed by atoms with Crippen molar-refractivity contribution in [1.29, 1.82) is 0 Å². The van der Waals surface area contributed by atoms with E-state index in [1.54, 1.807) is 18.5 Å². The van der Waals surface area contributed by atoms with Crippen molar-refractivity contribution in [1.82, 2.24) is 25.1 Å². The van der Waals surface area contributed by atoms with Gasteiger partial charge in [-0.15, -0.1) is 11.3 Å². The van der Waals surface area contributed by atoms with Crippen molar-refractivity contribution in [2.24, 2.45) is 0 Å². The Hall–Kier alpha value is -3.65. The number of hydrogen-bond acceptors (Lipinski definition) is 6. The number of rotatable bonds is 7. The summed E-state index contributed by atoms with van der Waals surface area (Å²) in [5.74, 6) is -0.151. The molecule has 4 aromatic rings. The molecule has 4 rings (SSSR count). The van der Waals surface area contributed by atoms with E-state index in [0.717, 1.165) is 16.1 Å². The molecule has 0 fully saturated rings. The summed E-state index contributed by atoms with van der Waals surface area (Å²) in [7, 11) is 0. The minimum absolute atomic E-state index is 0.151. The summed E-state index contributed by atoms with van der Waals surface area (Å²) in [6.07, 6.45) is 3.98. The quantitative estimate of drug-likeness (QED) is 0.452. The van der Waals surface area contributed by atoms with E-state index in [1.165, 1.54) is 22.1 Å². The molecule has 3 heterocycles. The van der Waals surface area contributed by atoms with Gasteiger partial charge in [0, 0.05) is 42.7 Å². The zero-order valence-electron chi connectivity index (χ0n) is 17.0. The summed E-state index contributed by atoms with van der Waals surface area (Å²) >= 11 is 1.38. The molecule has 8 heteroatoms. The van der Waals surface area contributed by atoms with Crippen molar-refractivity contribution in [3.63, 3.8) is 0 Å². The van der Waals surface area contributed by atoms with Crippen LogP contribution in [-0.4, -0.2) is 32.2 Å². The molecule has 7 nitrogen and oxygen atoms in total. The molecule has 1 amide bonds. The molecule has 3 aromatic heterocycles. The van der Waals surface area contributed by atoms with Crippen LogP contribution in [0.1, 0.15) is 21.8 Å². The Morgan fingerprint density at radius 3 is 2.65 bits per heavy atom. The lowest BCUT2D eigenvalue weighted by molar-refractivity contribution is 0.0956. The summed E-state index contributed by atoms with van der Waals surface area (Å²) in [5, 5.41) is 8.16. The van der Waals surface area contributed by atoms with Crippen molar-refractivity contribution < 1.29 is 4.79 Å². The minimum atomic E-state index is -0.176. The van der Waals surface area contributed by atoms with Gasteiger partial charge < -0.3 is 5.32 Å². The first-order chi connectivity index (χ1) is 15.1. The molecule has 156 valence electrons. The zero-order valence-corrected chi connectivity index (χ0v) is 17.8. The molecule has 1 aromatic carbocycles. The summed E-state index contributed by atoms with van der Waals surface area (Å²) in [6.45, 7) is 2.68. The molecule has 0 atom stereocenters. The predicted molar refractivity (Wildman–Crippen MR) is 121 cm³/mol. The van der Waals surface area contributed by atoms with E-state index >= 15 is 0 Å². The number of carbonyl (C=O) groups is 1. The van der Waals surface area contributed by atoms with Gasteiger partial charge in [-0.3, -0.25) is 14.6 Å². The lowest BCUT2D eigenvalue weighted by Crippen LogP contribution is -2.28. The Kier molecular flexibility index (Phi) is 6.28. The number of aryl methyl sites for hydroxylation is 2. The number of nitrogens with one attached hydrogen (secondary N) is 1. The van der Waals surface area contributed by atoms with Gasteiger partial charge in [-0.25, -0.2) is 9.67 Å². The van der Waals surface area contributed by atoms with E-state index < -0.39 is 0 Å². The fraction of sp³-hybridized carbons (Fsp3) is 0.174. The maximum Gasteiger partial charge on any atom is 0.266 e. The monoisotopic (exact) mass is 431 g/mol. The van der Waals surface area contributed by atoms with Gasteiger partial charge in [0.2, 0.25) is 0 Å². The molecule has 0 aliphatic carbocycles. The number of aromatic nitrogens is 4. The average Bonchev–Trinajstić information content (AvgIpc) is 3.20. The third-order valence-electron chi connectivity index (χ3n) is 4.68. The molecule has 0 unspecified atom stereocenters. The zero-order chi connectivity index (χ0) is 21.6. The summed E-state index contributed by atoms with van der Waals surface area (Å²) in [5.41, 5.74) is 3.06. The maximum atomic E-state index is 12.6. The lowest BCUT2D eigenvalue weighted by atomic mass is 10.2. The van der Waals surface area contributed by atoms with E-state index in [-0.39, 0.29) is 11.5 Å². The Labute approximate surface area is 183 Å². The maximum absolute atomic E-state index is 12.6. The third-order valence-corrected chi connectivity index (χ3v) is 5.89. The SMILES string of the molecule is Cc1nc(-c2ccccc2)sc1C(=O)NCCCn1nc(-c2cccnc2)ccc1=O. The smallest absolute Gasteiger partial charge is 0.266 e. The van der Waals surface area contributed by atoms with Crippen LogP contribution in [-0.2, 0) is 6.54 Å². The molecule has 0 radical (unpaired) electrons. The Balaban J connectivity index is 1.36. The van der Waals surface area contributed by atoms with Crippen LogP contribution >= 0.6 is 11.3 Å². The van der Waals surface area contributed by atoms with Crippen molar-refractivity contribution in [3.05, 3.63) is 87.9 Å². The van der Waals surface area contributed by atoms with Gasteiger partial charge in [-0.1, -0.05) is 30.3 Å². The molecule has 0 aliphatic rings. The highest BCUT2D eigenvalue weighted by atomic mass is 32.1. The van der Waals surface area contributed by atoms with Crippen molar-refractivity contribution in [2.75, 3.05) is 6.54 Å². The number of hydrogen-bond donors (Lipinski definition) is 1. The second kappa shape index (κ2) is 9.44. The van der Waals surface area contributed by atoms with E-state index in [1.807, 2.05) is 49.4 Å². The number of amides is 1. The van der Waals surface area contributed by atoms with Crippen LogP contribution in [0.2, 0.25) is 0 Å². The largest absolute Gasteiger partial charge is 0.351 e. The molecule has 0 saturated carbocycles. The second-order valence-electron chi connectivity index (χ2n) is 6.93. The molecular formula is C23H21N5O2S. The van der Waals surface area contributed by atoms with Crippen LogP contribution in [0.3, 0.4) is 0 Å². The number of thiazole rings is 1. The lowest BCUT2D eigenvalue weighted by Gasteiger charge is -2.08. The highest BCUT2D eigenvalue weighted by molar-refractivity contribution is 7.17. The third kappa shape index (κ3) is 4.92. The minimum Gasteiger partial charge on any atom is -0.351 e. The van der Waals surface area contributed by atoms with Gasteiger partial charge in [0.25, 0.3) is 11.5 Å². The molecule has 0 spiro atoms. The molecule has 1 N–H and O–H groups in total. The van der Waals surface area contributed by atoms with E-state index in [0.29, 0.717) is 35.8 Å². The average molecular weight is 432 g/mol. The van der Waals surface area contributed by atoms with Gasteiger partial charge in [0.05, 0.1) is 11.4 Å². The number of nitrogens with zero attached hydrogens (tertiary/aromatic N) is 4. The first kappa shape index (κ1) is 20.6. The first-order valence-corrected chi connectivity index (χ1v) is 10.7. The van der Waals surface area contributed by atoms with Crippen molar-refractivity contribution >= 4 is 17.2 Å². The molecule has 0 saturated heterocycles. The fourth-order valence-electron chi connectivity index (χ4n) is 3.10. The summed E-state index contributed by atoms with van der Waals surface area (Å²) < 4.78 is 1.42. The van der Waals surface area contributed by atoms with Crippen LogP contribution < -0.4 is 10.9 Å². The van der Waals surface area contributed by atoms with E-state index in [4.69, 9.17) is 0 Å². The molecule has 0 aliphatic heterocycles. The first-order valence-electron chi connectivity index (χ1n) is 9.91. The molecule has 0 bridgehead atoms. The Bertz CT molecular complexity index is 1240. The Morgan fingerprint density at radius 2 is 1.87 bits per heavy atom. The van der Waals surface area contributed by atoms with Gasteiger partial charge >= 0.3 is 0 Å². The van der Waals surface area contributed by atoms with E-state index in [9.17, 15) is 9.59 Å². The van der Waals surface area contributed by atoms with Crippen molar-refractivity contribution in [2.45, 2.75) is 19.9 Å². The van der Waals surface area contributed by atoms with Crippen LogP contribution in [0.25, 0.3) is 21.8 Å². The Morgan fingerprint density at radius 1 is 1.06 bits per heavy atom. The second-order valence-corrected chi connectivity index (χ2v) is 7.93. The van der Waals surface area contributed by atoms with Crippen LogP contribution in [0, 0.1) is 6.92 Å². The van der Waals surface area contributed by atoms with Gasteiger partial charge in [0.15, 0.2) is 0 Å². The number of carbonyl (C=O) groups excluding carboxylic acids is 1. The van der Waals surface area contributed by atoms with Crippen LogP contribution in [0.4, 0.5) is 0 Å². The van der Waals surface area contributed by atoms with Crippen molar-refractivity contribution in [3.8, 4) is 21.8 Å². The molecular weight excluding hydrogens is 410 g/mol. The topological polar surface area (TPSA) is 89.8 Å². The van der Waals surface area contributed by atoms with Crippen LogP contribution in [0.5, 0.6) is 0 Å². The number of pyridine rings is 1. The number of benzene rings is 1. The normalized spacial score (nSPS) is 10.7. The van der Waals surface area contributed by atoms with Gasteiger partial charge in [0.1, 0.15) is 9.88 Å².